The molecule has 0 radical (unpaired) electrons. The van der Waals surface area contributed by atoms with Gasteiger partial charge in [-0.1, -0.05) is 12.0 Å². The zero-order valence-corrected chi connectivity index (χ0v) is 12.1. The molecule has 108 valence electrons. The third kappa shape index (κ3) is 5.77. The number of aryl methyl sites for hydroxylation is 2. The van der Waals surface area contributed by atoms with Crippen LogP contribution in [0.25, 0.3) is 0 Å². The van der Waals surface area contributed by atoms with Gasteiger partial charge in [-0.2, -0.15) is 0 Å². The first kappa shape index (κ1) is 16.1. The molecule has 1 aromatic carbocycles. The molecule has 0 saturated carbocycles. The average molecular weight is 275 g/mol. The van der Waals surface area contributed by atoms with E-state index in [9.17, 15) is 4.79 Å². The fourth-order valence-corrected chi connectivity index (χ4v) is 1.82. The van der Waals surface area contributed by atoms with Crippen LogP contribution in [0.15, 0.2) is 18.2 Å². The largest absolute Gasteiger partial charge is 0.494 e. The van der Waals surface area contributed by atoms with Crippen LogP contribution in [0.5, 0.6) is 5.75 Å². The lowest BCUT2D eigenvalue weighted by Crippen LogP contribution is -2.31. The van der Waals surface area contributed by atoms with Gasteiger partial charge in [0.1, 0.15) is 5.75 Å². The smallest absolute Gasteiger partial charge is 0.317 e. The molecule has 0 bridgehead atoms. The third-order valence-corrected chi connectivity index (χ3v) is 3.04. The summed E-state index contributed by atoms with van der Waals surface area (Å²) >= 11 is 0. The van der Waals surface area contributed by atoms with Gasteiger partial charge in [-0.25, -0.2) is 0 Å². The van der Waals surface area contributed by atoms with E-state index in [0.29, 0.717) is 19.7 Å². The van der Waals surface area contributed by atoms with Crippen LogP contribution in [-0.2, 0) is 4.79 Å². The van der Waals surface area contributed by atoms with Crippen molar-refractivity contribution in [1.82, 2.24) is 4.90 Å². The molecule has 0 aliphatic rings. The number of terminal acetylenes is 1. The SMILES string of the molecule is C#CCN(CCCOc1ccc(C)c(C)c1)CC(=O)O. The first-order chi connectivity index (χ1) is 9.52. The lowest BCUT2D eigenvalue weighted by Gasteiger charge is -2.17. The molecule has 0 heterocycles. The van der Waals surface area contributed by atoms with Crippen LogP contribution in [-0.4, -0.2) is 42.2 Å². The van der Waals surface area contributed by atoms with Gasteiger partial charge in [0.2, 0.25) is 0 Å². The van der Waals surface area contributed by atoms with Crippen LogP contribution in [0.2, 0.25) is 0 Å². The van der Waals surface area contributed by atoms with Gasteiger partial charge in [-0.05, 0) is 43.5 Å². The second-order valence-electron chi connectivity index (χ2n) is 4.76. The number of ether oxygens (including phenoxy) is 1. The van der Waals surface area contributed by atoms with E-state index in [-0.39, 0.29) is 6.54 Å². The number of carbonyl (C=O) groups is 1. The zero-order valence-electron chi connectivity index (χ0n) is 12.1. The van der Waals surface area contributed by atoms with Gasteiger partial charge in [0.15, 0.2) is 0 Å². The van der Waals surface area contributed by atoms with E-state index in [0.717, 1.165) is 12.2 Å². The van der Waals surface area contributed by atoms with Crippen LogP contribution in [0.4, 0.5) is 0 Å². The molecule has 1 rings (SSSR count). The summed E-state index contributed by atoms with van der Waals surface area (Å²) in [7, 11) is 0. The Kier molecular flexibility index (Phi) is 6.61. The van der Waals surface area contributed by atoms with Crippen molar-refractivity contribution >= 4 is 5.97 Å². The monoisotopic (exact) mass is 275 g/mol. The number of rotatable bonds is 8. The van der Waals surface area contributed by atoms with E-state index < -0.39 is 5.97 Å². The molecule has 0 aromatic heterocycles. The summed E-state index contributed by atoms with van der Waals surface area (Å²) in [5.41, 5.74) is 2.43. The highest BCUT2D eigenvalue weighted by Gasteiger charge is 2.07. The maximum Gasteiger partial charge on any atom is 0.317 e. The van der Waals surface area contributed by atoms with Gasteiger partial charge in [0.05, 0.1) is 19.7 Å². The van der Waals surface area contributed by atoms with E-state index in [2.05, 4.69) is 12.8 Å². The molecule has 0 aliphatic carbocycles. The second kappa shape index (κ2) is 8.23. The summed E-state index contributed by atoms with van der Waals surface area (Å²) in [5.74, 6) is 2.44. The maximum atomic E-state index is 10.7. The van der Waals surface area contributed by atoms with Gasteiger partial charge >= 0.3 is 5.97 Å². The summed E-state index contributed by atoms with van der Waals surface area (Å²) in [5, 5.41) is 8.76. The molecule has 0 atom stereocenters. The molecular formula is C16H21NO3. The van der Waals surface area contributed by atoms with Crippen molar-refractivity contribution in [3.63, 3.8) is 0 Å². The minimum Gasteiger partial charge on any atom is -0.494 e. The van der Waals surface area contributed by atoms with E-state index in [1.807, 2.05) is 25.1 Å². The van der Waals surface area contributed by atoms with Crippen LogP contribution >= 0.6 is 0 Å². The van der Waals surface area contributed by atoms with Gasteiger partial charge in [-0.15, -0.1) is 6.42 Å². The van der Waals surface area contributed by atoms with E-state index in [4.69, 9.17) is 16.3 Å². The van der Waals surface area contributed by atoms with Crippen molar-refractivity contribution in [1.29, 1.82) is 0 Å². The fraction of sp³-hybridized carbons (Fsp3) is 0.438. The van der Waals surface area contributed by atoms with Crippen molar-refractivity contribution in [2.75, 3.05) is 26.2 Å². The lowest BCUT2D eigenvalue weighted by molar-refractivity contribution is -0.138. The number of nitrogens with zero attached hydrogens (tertiary/aromatic N) is 1. The zero-order chi connectivity index (χ0) is 15.0. The van der Waals surface area contributed by atoms with Crippen molar-refractivity contribution in [3.8, 4) is 18.1 Å². The standard InChI is InChI=1S/C16H21NO3/c1-4-8-17(12-16(18)19)9-5-10-20-15-7-6-13(2)14(3)11-15/h1,6-7,11H,5,8-10,12H2,2-3H3,(H,18,19). The molecule has 4 heteroatoms. The first-order valence-electron chi connectivity index (χ1n) is 6.60. The number of carboxylic acids is 1. The number of hydrogen-bond acceptors (Lipinski definition) is 3. The predicted molar refractivity (Wildman–Crippen MR) is 78.9 cm³/mol. The third-order valence-electron chi connectivity index (χ3n) is 3.04. The Labute approximate surface area is 120 Å². The fourth-order valence-electron chi connectivity index (χ4n) is 1.82. The summed E-state index contributed by atoms with van der Waals surface area (Å²) < 4.78 is 5.65. The molecule has 1 aromatic rings. The highest BCUT2D eigenvalue weighted by atomic mass is 16.5. The quantitative estimate of drug-likeness (QED) is 0.583. The molecule has 1 N–H and O–H groups in total. The molecule has 0 aliphatic heterocycles. The number of hydrogen-bond donors (Lipinski definition) is 1. The van der Waals surface area contributed by atoms with Crippen molar-refractivity contribution < 1.29 is 14.6 Å². The Morgan fingerprint density at radius 2 is 2.15 bits per heavy atom. The average Bonchev–Trinajstić information content (AvgIpc) is 2.38. The molecule has 0 amide bonds. The summed E-state index contributed by atoms with van der Waals surface area (Å²) in [6.45, 7) is 5.57. The van der Waals surface area contributed by atoms with E-state index in [1.54, 1.807) is 4.90 Å². The van der Waals surface area contributed by atoms with E-state index in [1.165, 1.54) is 11.1 Å². The van der Waals surface area contributed by atoms with Crippen LogP contribution in [0.3, 0.4) is 0 Å². The highest BCUT2D eigenvalue weighted by molar-refractivity contribution is 5.69. The number of carboxylic acid groups (broad SMARTS) is 1. The van der Waals surface area contributed by atoms with Gasteiger partial charge in [-0.3, -0.25) is 9.69 Å². The Morgan fingerprint density at radius 1 is 1.40 bits per heavy atom. The maximum absolute atomic E-state index is 10.7. The molecule has 4 nitrogen and oxygen atoms in total. The lowest BCUT2D eigenvalue weighted by atomic mass is 10.1. The normalized spacial score (nSPS) is 10.3. The van der Waals surface area contributed by atoms with Crippen LogP contribution in [0, 0.1) is 26.2 Å². The molecule has 0 saturated heterocycles. The van der Waals surface area contributed by atoms with Crippen molar-refractivity contribution in [2.24, 2.45) is 0 Å². The Morgan fingerprint density at radius 3 is 2.75 bits per heavy atom. The molecular weight excluding hydrogens is 254 g/mol. The van der Waals surface area contributed by atoms with E-state index >= 15 is 0 Å². The molecule has 20 heavy (non-hydrogen) atoms. The molecule has 0 fully saturated rings. The Hall–Kier alpha value is -1.99. The highest BCUT2D eigenvalue weighted by Crippen LogP contribution is 2.16. The molecule has 0 spiro atoms. The summed E-state index contributed by atoms with van der Waals surface area (Å²) in [4.78, 5) is 12.4. The minimum absolute atomic E-state index is 0.0339. The Balaban J connectivity index is 2.34. The van der Waals surface area contributed by atoms with Gasteiger partial charge < -0.3 is 9.84 Å². The Bertz CT molecular complexity index is 491. The number of benzene rings is 1. The second-order valence-corrected chi connectivity index (χ2v) is 4.76. The molecule has 0 unspecified atom stereocenters. The predicted octanol–water partition coefficient (Wildman–Crippen LogP) is 2.09. The topological polar surface area (TPSA) is 49.8 Å². The van der Waals surface area contributed by atoms with Crippen LogP contribution < -0.4 is 4.74 Å². The van der Waals surface area contributed by atoms with Gasteiger partial charge in [0.25, 0.3) is 0 Å². The van der Waals surface area contributed by atoms with Crippen molar-refractivity contribution in [2.45, 2.75) is 20.3 Å². The first-order valence-corrected chi connectivity index (χ1v) is 6.60. The summed E-state index contributed by atoms with van der Waals surface area (Å²) in [6, 6.07) is 5.98. The van der Waals surface area contributed by atoms with Crippen LogP contribution in [0.1, 0.15) is 17.5 Å². The van der Waals surface area contributed by atoms with Gasteiger partial charge in [0, 0.05) is 6.54 Å². The minimum atomic E-state index is -0.865. The van der Waals surface area contributed by atoms with Crippen molar-refractivity contribution in [3.05, 3.63) is 29.3 Å². The summed E-state index contributed by atoms with van der Waals surface area (Å²) in [6.07, 6.45) is 5.95. The number of aliphatic carboxylic acids is 1.